The summed E-state index contributed by atoms with van der Waals surface area (Å²) in [6.45, 7) is 1.74. The first-order valence-electron chi connectivity index (χ1n) is 5.65. The topological polar surface area (TPSA) is 61.5 Å². The maximum atomic E-state index is 12.0. The molecule has 0 spiro atoms. The van der Waals surface area contributed by atoms with Crippen LogP contribution in [0.4, 0.5) is 5.69 Å². The number of anilines is 1. The Labute approximate surface area is 118 Å². The number of hydrogen-bond acceptors (Lipinski definition) is 4. The summed E-state index contributed by atoms with van der Waals surface area (Å²) in [6, 6.07) is 5.40. The van der Waals surface area contributed by atoms with Crippen LogP contribution in [-0.4, -0.2) is 36.9 Å². The highest BCUT2D eigenvalue weighted by Crippen LogP contribution is 2.22. The minimum atomic E-state index is -1.08. The van der Waals surface area contributed by atoms with Crippen molar-refractivity contribution in [1.29, 1.82) is 0 Å². The van der Waals surface area contributed by atoms with E-state index in [-0.39, 0.29) is 0 Å². The molecular formula is C12H18BrNO3S. The first kappa shape index (κ1) is 15.6. The molecule has 1 aromatic rings. The van der Waals surface area contributed by atoms with Crippen molar-refractivity contribution in [2.45, 2.75) is 11.3 Å². The Kier molecular flexibility index (Phi) is 7.50. The first-order valence-corrected chi connectivity index (χ1v) is 7.76. The maximum Gasteiger partial charge on any atom is 0.0700 e. The molecule has 4 nitrogen and oxygen atoms in total. The molecular weight excluding hydrogens is 318 g/mol. The van der Waals surface area contributed by atoms with E-state index in [0.29, 0.717) is 36.2 Å². The Balaban J connectivity index is 2.34. The Morgan fingerprint density at radius 1 is 1.33 bits per heavy atom. The largest absolute Gasteiger partial charge is 0.398 e. The van der Waals surface area contributed by atoms with Gasteiger partial charge in [0.2, 0.25) is 0 Å². The van der Waals surface area contributed by atoms with Crippen LogP contribution in [0, 0.1) is 0 Å². The molecule has 1 rings (SSSR count). The number of rotatable bonds is 8. The fourth-order valence-electron chi connectivity index (χ4n) is 1.35. The van der Waals surface area contributed by atoms with Gasteiger partial charge in [-0.3, -0.25) is 4.21 Å². The molecule has 0 aliphatic rings. The normalized spacial score (nSPS) is 12.6. The van der Waals surface area contributed by atoms with E-state index in [9.17, 15) is 4.21 Å². The van der Waals surface area contributed by atoms with Crippen molar-refractivity contribution in [3.63, 3.8) is 0 Å². The van der Waals surface area contributed by atoms with E-state index in [4.69, 9.17) is 15.2 Å². The van der Waals surface area contributed by atoms with Crippen LogP contribution >= 0.6 is 15.9 Å². The van der Waals surface area contributed by atoms with Crippen LogP contribution in [0.2, 0.25) is 0 Å². The van der Waals surface area contributed by atoms with Gasteiger partial charge in [0.15, 0.2) is 0 Å². The van der Waals surface area contributed by atoms with Gasteiger partial charge in [0.1, 0.15) is 0 Å². The van der Waals surface area contributed by atoms with E-state index in [1.807, 2.05) is 6.07 Å². The van der Waals surface area contributed by atoms with Crippen LogP contribution in [0.3, 0.4) is 0 Å². The van der Waals surface area contributed by atoms with Crippen molar-refractivity contribution in [3.8, 4) is 0 Å². The van der Waals surface area contributed by atoms with Crippen LogP contribution < -0.4 is 5.73 Å². The lowest BCUT2D eigenvalue weighted by Crippen LogP contribution is -2.07. The molecule has 0 radical (unpaired) electrons. The zero-order valence-corrected chi connectivity index (χ0v) is 12.8. The summed E-state index contributed by atoms with van der Waals surface area (Å²) >= 11 is 3.35. The van der Waals surface area contributed by atoms with E-state index in [2.05, 4.69) is 15.9 Å². The molecule has 2 N–H and O–H groups in total. The molecule has 18 heavy (non-hydrogen) atoms. The molecule has 0 bridgehead atoms. The van der Waals surface area contributed by atoms with Gasteiger partial charge in [0, 0.05) is 29.6 Å². The minimum absolute atomic E-state index is 0.549. The Bertz CT molecular complexity index is 401. The van der Waals surface area contributed by atoms with Crippen LogP contribution in [0.25, 0.3) is 0 Å². The van der Waals surface area contributed by atoms with Crippen LogP contribution in [0.1, 0.15) is 6.42 Å². The third-order valence-corrected chi connectivity index (χ3v) is 4.27. The molecule has 1 unspecified atom stereocenters. The van der Waals surface area contributed by atoms with Gasteiger partial charge in [-0.15, -0.1) is 0 Å². The van der Waals surface area contributed by atoms with Crippen LogP contribution in [-0.2, 0) is 20.3 Å². The summed E-state index contributed by atoms with van der Waals surface area (Å²) < 4.78 is 23.1. The lowest BCUT2D eigenvalue weighted by atomic mass is 10.3. The number of benzene rings is 1. The minimum Gasteiger partial charge on any atom is -0.398 e. The summed E-state index contributed by atoms with van der Waals surface area (Å²) in [7, 11) is 0.555. The third-order valence-electron chi connectivity index (χ3n) is 2.27. The molecule has 0 heterocycles. The van der Waals surface area contributed by atoms with Crippen molar-refractivity contribution in [3.05, 3.63) is 22.7 Å². The Hall–Kier alpha value is -0.430. The van der Waals surface area contributed by atoms with Gasteiger partial charge < -0.3 is 15.2 Å². The molecule has 1 aromatic carbocycles. The monoisotopic (exact) mass is 335 g/mol. The Morgan fingerprint density at radius 3 is 2.83 bits per heavy atom. The molecule has 0 aliphatic carbocycles. The van der Waals surface area contributed by atoms with Gasteiger partial charge in [0.25, 0.3) is 0 Å². The van der Waals surface area contributed by atoms with E-state index in [1.54, 1.807) is 19.2 Å². The summed E-state index contributed by atoms with van der Waals surface area (Å²) in [5.41, 5.74) is 6.37. The van der Waals surface area contributed by atoms with Crippen molar-refractivity contribution in [2.75, 3.05) is 38.4 Å². The molecule has 6 heteroatoms. The predicted molar refractivity (Wildman–Crippen MR) is 77.1 cm³/mol. The lowest BCUT2D eigenvalue weighted by molar-refractivity contribution is 0.0713. The molecule has 0 aliphatic heterocycles. The second-order valence-corrected chi connectivity index (χ2v) is 6.15. The Morgan fingerprint density at radius 2 is 2.11 bits per heavy atom. The fraction of sp³-hybridized carbons (Fsp3) is 0.500. The van der Waals surface area contributed by atoms with E-state index in [1.165, 1.54) is 0 Å². The van der Waals surface area contributed by atoms with Crippen molar-refractivity contribution >= 4 is 32.4 Å². The van der Waals surface area contributed by atoms with Gasteiger partial charge in [-0.1, -0.05) is 15.9 Å². The predicted octanol–water partition coefficient (Wildman–Crippen LogP) is 2.19. The highest BCUT2D eigenvalue weighted by atomic mass is 79.9. The second-order valence-electron chi connectivity index (χ2n) is 3.69. The van der Waals surface area contributed by atoms with Crippen molar-refractivity contribution in [1.82, 2.24) is 0 Å². The molecule has 0 fully saturated rings. The van der Waals surface area contributed by atoms with Gasteiger partial charge >= 0.3 is 0 Å². The summed E-state index contributed by atoms with van der Waals surface area (Å²) in [4.78, 5) is 0.682. The summed E-state index contributed by atoms with van der Waals surface area (Å²) in [5, 5.41) is 0. The first-order chi connectivity index (χ1) is 8.65. The van der Waals surface area contributed by atoms with Crippen molar-refractivity contribution in [2.24, 2.45) is 0 Å². The highest BCUT2D eigenvalue weighted by Gasteiger charge is 2.08. The number of ether oxygens (including phenoxy) is 2. The van der Waals surface area contributed by atoms with Crippen LogP contribution in [0.15, 0.2) is 27.6 Å². The van der Waals surface area contributed by atoms with Gasteiger partial charge in [-0.2, -0.15) is 0 Å². The van der Waals surface area contributed by atoms with Crippen molar-refractivity contribution < 1.29 is 13.7 Å². The number of nitrogen functional groups attached to an aromatic ring is 1. The maximum absolute atomic E-state index is 12.0. The van der Waals surface area contributed by atoms with Gasteiger partial charge in [0.05, 0.1) is 28.9 Å². The summed E-state index contributed by atoms with van der Waals surface area (Å²) in [5.74, 6) is 0.549. The smallest absolute Gasteiger partial charge is 0.0700 e. The van der Waals surface area contributed by atoms with Crippen LogP contribution in [0.5, 0.6) is 0 Å². The number of methoxy groups -OCH3 is 1. The molecule has 0 saturated heterocycles. The lowest BCUT2D eigenvalue weighted by Gasteiger charge is -2.07. The molecule has 0 saturated carbocycles. The molecule has 1 atom stereocenters. The standard InChI is InChI=1S/C12H18BrNO3S/c1-16-6-7-17-5-2-8-18(15)12-9-10(13)3-4-11(12)14/h3-4,9H,2,5-8,14H2,1H3. The number of nitrogens with two attached hydrogens (primary N) is 1. The van der Waals surface area contributed by atoms with Gasteiger partial charge in [-0.05, 0) is 24.6 Å². The molecule has 0 aromatic heterocycles. The zero-order valence-electron chi connectivity index (χ0n) is 10.4. The summed E-state index contributed by atoms with van der Waals surface area (Å²) in [6.07, 6.45) is 0.738. The second kappa shape index (κ2) is 8.63. The molecule has 102 valence electrons. The number of halogens is 1. The average molecular weight is 336 g/mol. The van der Waals surface area contributed by atoms with E-state index < -0.39 is 10.8 Å². The van der Waals surface area contributed by atoms with E-state index >= 15 is 0 Å². The third kappa shape index (κ3) is 5.48. The van der Waals surface area contributed by atoms with E-state index in [0.717, 1.165) is 10.9 Å². The molecule has 0 amide bonds. The zero-order chi connectivity index (χ0) is 13.4. The van der Waals surface area contributed by atoms with Gasteiger partial charge in [-0.25, -0.2) is 0 Å². The SMILES string of the molecule is COCCOCCCS(=O)c1cc(Br)ccc1N. The fourth-order valence-corrected chi connectivity index (χ4v) is 3.05. The highest BCUT2D eigenvalue weighted by molar-refractivity contribution is 9.10. The average Bonchev–Trinajstić information content (AvgIpc) is 2.36. The number of hydrogen-bond donors (Lipinski definition) is 1. The quantitative estimate of drug-likeness (QED) is 0.584.